The van der Waals surface area contributed by atoms with Crippen LogP contribution in [0.25, 0.3) is 0 Å². The van der Waals surface area contributed by atoms with Crippen molar-refractivity contribution in [2.75, 3.05) is 4.72 Å². The first-order valence-electron chi connectivity index (χ1n) is 5.70. The Balaban J connectivity index is 2.38. The molecule has 0 fully saturated rings. The van der Waals surface area contributed by atoms with Gasteiger partial charge in [0.05, 0.1) is 12.3 Å². The van der Waals surface area contributed by atoms with Crippen LogP contribution in [0.4, 0.5) is 5.69 Å². The minimum atomic E-state index is -3.73. The zero-order chi connectivity index (χ0) is 15.6. The molecule has 0 saturated heterocycles. The van der Waals surface area contributed by atoms with Crippen molar-refractivity contribution in [3.05, 3.63) is 55.0 Å². The Morgan fingerprint density at radius 2 is 1.95 bits per heavy atom. The topological polar surface area (TPSA) is 66.4 Å². The van der Waals surface area contributed by atoms with Gasteiger partial charge in [-0.3, -0.25) is 4.72 Å². The summed E-state index contributed by atoms with van der Waals surface area (Å²) in [5.41, 5.74) is 1.08. The number of rotatable bonds is 4. The third-order valence-electron chi connectivity index (χ3n) is 2.64. The fourth-order valence-corrected chi connectivity index (χ4v) is 5.03. The summed E-state index contributed by atoms with van der Waals surface area (Å²) in [5, 5.41) is 9.59. The highest BCUT2D eigenvalue weighted by Gasteiger charge is 2.19. The number of benzene rings is 2. The Bertz CT molecular complexity index is 783. The molecule has 2 rings (SSSR count). The summed E-state index contributed by atoms with van der Waals surface area (Å²) in [6.07, 6.45) is 0. The average molecular weight is 503 g/mol. The van der Waals surface area contributed by atoms with E-state index in [1.807, 2.05) is 22.6 Å². The Hall–Kier alpha value is -0.350. The van der Waals surface area contributed by atoms with Crippen molar-refractivity contribution < 1.29 is 13.5 Å². The van der Waals surface area contributed by atoms with Gasteiger partial charge in [0.25, 0.3) is 10.0 Å². The van der Waals surface area contributed by atoms with E-state index in [1.54, 1.807) is 30.3 Å². The van der Waals surface area contributed by atoms with Gasteiger partial charge in [-0.05, 0) is 74.4 Å². The largest absolute Gasteiger partial charge is 0.392 e. The summed E-state index contributed by atoms with van der Waals surface area (Å²) in [6, 6.07) is 9.47. The fourth-order valence-electron chi connectivity index (χ4n) is 1.63. The van der Waals surface area contributed by atoms with Crippen molar-refractivity contribution in [1.29, 1.82) is 0 Å². The number of anilines is 1. The molecule has 2 aromatic rings. The van der Waals surface area contributed by atoms with Crippen molar-refractivity contribution in [2.24, 2.45) is 0 Å². The molecule has 112 valence electrons. The zero-order valence-corrected chi connectivity index (χ0v) is 15.8. The van der Waals surface area contributed by atoms with Gasteiger partial charge in [0.15, 0.2) is 0 Å². The molecule has 0 aromatic heterocycles. The van der Waals surface area contributed by atoms with Crippen LogP contribution in [0.15, 0.2) is 45.8 Å². The van der Waals surface area contributed by atoms with E-state index in [9.17, 15) is 8.42 Å². The number of sulfonamides is 1. The molecular formula is C13H10BrClINO3S. The van der Waals surface area contributed by atoms with Crippen LogP contribution in [-0.4, -0.2) is 13.5 Å². The predicted molar refractivity (Wildman–Crippen MR) is 95.0 cm³/mol. The van der Waals surface area contributed by atoms with E-state index in [0.717, 1.165) is 0 Å². The van der Waals surface area contributed by atoms with Crippen LogP contribution < -0.4 is 4.72 Å². The molecule has 4 nitrogen and oxygen atoms in total. The molecule has 0 aliphatic rings. The minimum Gasteiger partial charge on any atom is -0.392 e. The zero-order valence-electron chi connectivity index (χ0n) is 10.5. The molecule has 0 heterocycles. The Labute approximate surface area is 149 Å². The summed E-state index contributed by atoms with van der Waals surface area (Å²) < 4.78 is 28.5. The van der Waals surface area contributed by atoms with Crippen LogP contribution in [0, 0.1) is 3.57 Å². The molecular weight excluding hydrogens is 492 g/mol. The third-order valence-corrected chi connectivity index (χ3v) is 6.11. The lowest BCUT2D eigenvalue weighted by atomic mass is 10.2. The quantitative estimate of drug-likeness (QED) is 0.622. The van der Waals surface area contributed by atoms with Gasteiger partial charge >= 0.3 is 0 Å². The van der Waals surface area contributed by atoms with Crippen molar-refractivity contribution in [2.45, 2.75) is 11.5 Å². The molecule has 21 heavy (non-hydrogen) atoms. The summed E-state index contributed by atoms with van der Waals surface area (Å²) in [5.74, 6) is 0. The number of hydrogen-bond acceptors (Lipinski definition) is 3. The van der Waals surface area contributed by atoms with Gasteiger partial charge in [-0.2, -0.15) is 0 Å². The number of aliphatic hydroxyl groups excluding tert-OH is 1. The van der Waals surface area contributed by atoms with Crippen molar-refractivity contribution in [3.63, 3.8) is 0 Å². The van der Waals surface area contributed by atoms with Crippen LogP contribution in [-0.2, 0) is 16.6 Å². The average Bonchev–Trinajstić information content (AvgIpc) is 2.41. The third kappa shape index (κ3) is 4.10. The predicted octanol–water partition coefficient (Wildman–Crippen LogP) is 4.00. The van der Waals surface area contributed by atoms with E-state index in [1.165, 1.54) is 6.07 Å². The SMILES string of the molecule is O=S(=O)(Nc1ccc(Cl)cc1I)c1ccc(CO)cc1Br. The van der Waals surface area contributed by atoms with Gasteiger partial charge in [-0.25, -0.2) is 8.42 Å². The maximum atomic E-state index is 12.4. The van der Waals surface area contributed by atoms with E-state index in [4.69, 9.17) is 16.7 Å². The maximum Gasteiger partial charge on any atom is 0.263 e. The van der Waals surface area contributed by atoms with Gasteiger partial charge in [0.2, 0.25) is 0 Å². The highest BCUT2D eigenvalue weighted by atomic mass is 127. The molecule has 2 N–H and O–H groups in total. The van der Waals surface area contributed by atoms with E-state index in [2.05, 4.69) is 20.7 Å². The second kappa shape index (κ2) is 6.82. The summed E-state index contributed by atoms with van der Waals surface area (Å²) in [4.78, 5) is 0.102. The van der Waals surface area contributed by atoms with Crippen molar-refractivity contribution in [3.8, 4) is 0 Å². The molecule has 0 spiro atoms. The molecule has 0 radical (unpaired) electrons. The van der Waals surface area contributed by atoms with Gasteiger partial charge in [0, 0.05) is 13.1 Å². The van der Waals surface area contributed by atoms with Crippen molar-refractivity contribution >= 4 is 65.8 Å². The molecule has 0 atom stereocenters. The highest BCUT2D eigenvalue weighted by Crippen LogP contribution is 2.28. The molecule has 0 aliphatic heterocycles. The maximum absolute atomic E-state index is 12.4. The van der Waals surface area contributed by atoms with E-state index in [0.29, 0.717) is 24.3 Å². The normalized spacial score (nSPS) is 11.4. The minimum absolute atomic E-state index is 0.102. The molecule has 8 heteroatoms. The lowest BCUT2D eigenvalue weighted by Gasteiger charge is -2.12. The lowest BCUT2D eigenvalue weighted by molar-refractivity contribution is 0.281. The molecule has 0 saturated carbocycles. The standard InChI is InChI=1S/C13H10BrClINO3S/c14-10-5-8(7-18)1-4-13(10)21(19,20)17-12-3-2-9(15)6-11(12)16/h1-6,17-18H,7H2. The lowest BCUT2D eigenvalue weighted by Crippen LogP contribution is -2.14. The van der Waals surface area contributed by atoms with Gasteiger partial charge in [0.1, 0.15) is 4.90 Å². The van der Waals surface area contributed by atoms with Gasteiger partial charge in [-0.15, -0.1) is 0 Å². The van der Waals surface area contributed by atoms with Gasteiger partial charge < -0.3 is 5.11 Å². The van der Waals surface area contributed by atoms with Crippen molar-refractivity contribution in [1.82, 2.24) is 0 Å². The summed E-state index contributed by atoms with van der Waals surface area (Å²) >= 11 is 11.1. The van der Waals surface area contributed by atoms with Crippen LogP contribution in [0.2, 0.25) is 5.02 Å². The number of nitrogens with one attached hydrogen (secondary N) is 1. The summed E-state index contributed by atoms with van der Waals surface area (Å²) in [7, 11) is -3.73. The van der Waals surface area contributed by atoms with Crippen LogP contribution >= 0.6 is 50.1 Å². The monoisotopic (exact) mass is 501 g/mol. The second-order valence-electron chi connectivity index (χ2n) is 4.15. The Morgan fingerprint density at radius 1 is 1.24 bits per heavy atom. The molecule has 2 aromatic carbocycles. The molecule has 0 unspecified atom stereocenters. The number of hydrogen-bond donors (Lipinski definition) is 2. The smallest absolute Gasteiger partial charge is 0.263 e. The number of aliphatic hydroxyl groups is 1. The Morgan fingerprint density at radius 3 is 2.52 bits per heavy atom. The van der Waals surface area contributed by atoms with Crippen LogP contribution in [0.1, 0.15) is 5.56 Å². The second-order valence-corrected chi connectivity index (χ2v) is 8.26. The van der Waals surface area contributed by atoms with Gasteiger partial charge in [-0.1, -0.05) is 17.7 Å². The summed E-state index contributed by atoms with van der Waals surface area (Å²) in [6.45, 7) is -0.151. The first-order valence-corrected chi connectivity index (χ1v) is 9.44. The van der Waals surface area contributed by atoms with Crippen LogP contribution in [0.5, 0.6) is 0 Å². The molecule has 0 amide bonds. The van der Waals surface area contributed by atoms with E-state index in [-0.39, 0.29) is 11.5 Å². The van der Waals surface area contributed by atoms with E-state index < -0.39 is 10.0 Å². The first-order chi connectivity index (χ1) is 9.83. The van der Waals surface area contributed by atoms with Crippen LogP contribution in [0.3, 0.4) is 0 Å². The first kappa shape index (κ1) is 17.0. The fraction of sp³-hybridized carbons (Fsp3) is 0.0769. The van der Waals surface area contributed by atoms with E-state index >= 15 is 0 Å². The molecule has 0 bridgehead atoms. The number of halogens is 3. The highest BCUT2D eigenvalue weighted by molar-refractivity contribution is 14.1. The Kier molecular flexibility index (Phi) is 5.53. The molecule has 0 aliphatic carbocycles.